The Balaban J connectivity index is 2.07. The second-order valence-corrected chi connectivity index (χ2v) is 3.98. The number of carboxylic acids is 1. The molecule has 1 aromatic carbocycles. The number of fused-ring (bicyclic) bond motifs is 1. The predicted octanol–water partition coefficient (Wildman–Crippen LogP) is 1.22. The van der Waals surface area contributed by atoms with Crippen molar-refractivity contribution >= 4 is 22.9 Å². The monoisotopic (exact) mass is 259 g/mol. The highest BCUT2D eigenvalue weighted by atomic mass is 16.4. The summed E-state index contributed by atoms with van der Waals surface area (Å²) in [5.74, 6) is -1.14. The van der Waals surface area contributed by atoms with Crippen LogP contribution in [0.3, 0.4) is 0 Å². The molecule has 2 rings (SSSR count). The van der Waals surface area contributed by atoms with Crippen molar-refractivity contribution < 1.29 is 14.7 Å². The number of hydrogen-bond acceptors (Lipinski definition) is 4. The van der Waals surface area contributed by atoms with Gasteiger partial charge in [-0.05, 0) is 18.6 Å². The number of amides is 1. The smallest absolute Gasteiger partial charge is 0.303 e. The molecule has 2 aromatic rings. The number of benzene rings is 1. The largest absolute Gasteiger partial charge is 0.481 e. The average molecular weight is 259 g/mol. The van der Waals surface area contributed by atoms with E-state index < -0.39 is 5.97 Å². The molecule has 0 fully saturated rings. The lowest BCUT2D eigenvalue weighted by molar-refractivity contribution is -0.137. The van der Waals surface area contributed by atoms with E-state index in [0.29, 0.717) is 29.6 Å². The van der Waals surface area contributed by atoms with Gasteiger partial charge in [0.05, 0.1) is 11.1 Å². The fourth-order valence-electron chi connectivity index (χ4n) is 1.71. The van der Waals surface area contributed by atoms with E-state index in [1.54, 1.807) is 24.4 Å². The van der Waals surface area contributed by atoms with Gasteiger partial charge >= 0.3 is 5.97 Å². The number of aliphatic carboxylic acids is 1. The normalized spacial score (nSPS) is 10.3. The zero-order valence-electron chi connectivity index (χ0n) is 10.2. The van der Waals surface area contributed by atoms with Gasteiger partial charge in [0.2, 0.25) is 0 Å². The van der Waals surface area contributed by atoms with E-state index in [2.05, 4.69) is 15.3 Å². The van der Waals surface area contributed by atoms with Crippen molar-refractivity contribution in [1.29, 1.82) is 0 Å². The Bertz CT molecular complexity index is 608. The quantitative estimate of drug-likeness (QED) is 0.788. The van der Waals surface area contributed by atoms with Gasteiger partial charge in [-0.2, -0.15) is 0 Å². The Kier molecular flexibility index (Phi) is 4.02. The van der Waals surface area contributed by atoms with E-state index in [1.807, 2.05) is 0 Å². The minimum absolute atomic E-state index is 0.0373. The molecule has 1 aromatic heterocycles. The van der Waals surface area contributed by atoms with Gasteiger partial charge in [0.25, 0.3) is 5.91 Å². The first-order chi connectivity index (χ1) is 9.18. The van der Waals surface area contributed by atoms with Crippen LogP contribution in [-0.2, 0) is 4.79 Å². The highest BCUT2D eigenvalue weighted by molar-refractivity contribution is 6.04. The molecule has 0 unspecified atom stereocenters. The van der Waals surface area contributed by atoms with E-state index in [0.717, 1.165) is 0 Å². The van der Waals surface area contributed by atoms with Crippen LogP contribution in [0.15, 0.2) is 30.6 Å². The minimum Gasteiger partial charge on any atom is -0.481 e. The van der Waals surface area contributed by atoms with E-state index in [9.17, 15) is 9.59 Å². The van der Waals surface area contributed by atoms with Gasteiger partial charge in [-0.1, -0.05) is 6.07 Å². The van der Waals surface area contributed by atoms with Crippen molar-refractivity contribution in [3.8, 4) is 0 Å². The van der Waals surface area contributed by atoms with Gasteiger partial charge in [0.1, 0.15) is 5.52 Å². The summed E-state index contributed by atoms with van der Waals surface area (Å²) in [6.07, 6.45) is 3.54. The lowest BCUT2D eigenvalue weighted by Crippen LogP contribution is -2.25. The summed E-state index contributed by atoms with van der Waals surface area (Å²) in [6.45, 7) is 0.321. The first-order valence-corrected chi connectivity index (χ1v) is 5.88. The van der Waals surface area contributed by atoms with Crippen molar-refractivity contribution in [1.82, 2.24) is 15.3 Å². The molecule has 0 aliphatic carbocycles. The van der Waals surface area contributed by atoms with Gasteiger partial charge in [-0.15, -0.1) is 0 Å². The van der Waals surface area contributed by atoms with Gasteiger partial charge in [-0.25, -0.2) is 0 Å². The van der Waals surface area contributed by atoms with Crippen LogP contribution >= 0.6 is 0 Å². The maximum absolute atomic E-state index is 12.0. The number of para-hydroxylation sites is 1. The van der Waals surface area contributed by atoms with Crippen LogP contribution in [0.1, 0.15) is 23.2 Å². The molecule has 0 radical (unpaired) electrons. The second-order valence-electron chi connectivity index (χ2n) is 3.98. The molecule has 1 amide bonds. The van der Waals surface area contributed by atoms with Gasteiger partial charge in [-0.3, -0.25) is 19.6 Å². The average Bonchev–Trinajstić information content (AvgIpc) is 2.42. The summed E-state index contributed by atoms with van der Waals surface area (Å²) >= 11 is 0. The highest BCUT2D eigenvalue weighted by Crippen LogP contribution is 2.13. The Morgan fingerprint density at radius 1 is 1.21 bits per heavy atom. The molecule has 0 saturated heterocycles. The number of nitrogens with zero attached hydrogens (tertiary/aromatic N) is 2. The van der Waals surface area contributed by atoms with Crippen LogP contribution in [0.4, 0.5) is 0 Å². The van der Waals surface area contributed by atoms with Crippen LogP contribution in [0.25, 0.3) is 11.0 Å². The molecular weight excluding hydrogens is 246 g/mol. The standard InChI is InChI=1S/C13H13N3O3/c17-11(18)5-2-6-16-13(19)9-3-1-4-10-12(9)15-8-7-14-10/h1,3-4,7-8H,2,5-6H2,(H,16,19)(H,17,18). The lowest BCUT2D eigenvalue weighted by Gasteiger charge is -2.06. The number of aromatic nitrogens is 2. The Hall–Kier alpha value is -2.50. The number of hydrogen-bond donors (Lipinski definition) is 2. The maximum atomic E-state index is 12.0. The van der Waals surface area contributed by atoms with Crippen LogP contribution in [0.5, 0.6) is 0 Å². The van der Waals surface area contributed by atoms with E-state index in [4.69, 9.17) is 5.11 Å². The van der Waals surface area contributed by atoms with Crippen LogP contribution in [-0.4, -0.2) is 33.5 Å². The molecule has 0 aliphatic heterocycles. The molecule has 1 heterocycles. The molecular formula is C13H13N3O3. The Labute approximate surface area is 109 Å². The molecule has 6 heteroatoms. The molecule has 6 nitrogen and oxygen atoms in total. The van der Waals surface area contributed by atoms with E-state index >= 15 is 0 Å². The topological polar surface area (TPSA) is 92.2 Å². The van der Waals surface area contributed by atoms with Crippen molar-refractivity contribution in [3.63, 3.8) is 0 Å². The van der Waals surface area contributed by atoms with Crippen LogP contribution in [0, 0.1) is 0 Å². The summed E-state index contributed by atoms with van der Waals surface area (Å²) in [5, 5.41) is 11.2. The molecule has 2 N–H and O–H groups in total. The number of nitrogens with one attached hydrogen (secondary N) is 1. The van der Waals surface area contributed by atoms with Gasteiger partial charge < -0.3 is 10.4 Å². The summed E-state index contributed by atoms with van der Waals surface area (Å²) in [6, 6.07) is 5.19. The van der Waals surface area contributed by atoms with Crippen molar-refractivity contribution in [2.24, 2.45) is 0 Å². The Morgan fingerprint density at radius 3 is 2.79 bits per heavy atom. The SMILES string of the molecule is O=C(O)CCCNC(=O)c1cccc2nccnc12. The fraction of sp³-hybridized carbons (Fsp3) is 0.231. The lowest BCUT2D eigenvalue weighted by atomic mass is 10.1. The number of rotatable bonds is 5. The van der Waals surface area contributed by atoms with Gasteiger partial charge in [0.15, 0.2) is 0 Å². The molecule has 0 spiro atoms. The third-order valence-electron chi connectivity index (χ3n) is 2.60. The molecule has 0 bridgehead atoms. The highest BCUT2D eigenvalue weighted by Gasteiger charge is 2.10. The number of carboxylic acid groups (broad SMARTS) is 1. The first-order valence-electron chi connectivity index (χ1n) is 5.88. The maximum Gasteiger partial charge on any atom is 0.303 e. The summed E-state index contributed by atoms with van der Waals surface area (Å²) < 4.78 is 0. The van der Waals surface area contributed by atoms with Crippen molar-refractivity contribution in [3.05, 3.63) is 36.2 Å². The summed E-state index contributed by atoms with van der Waals surface area (Å²) in [5.41, 5.74) is 1.64. The second kappa shape index (κ2) is 5.90. The third kappa shape index (κ3) is 3.25. The predicted molar refractivity (Wildman–Crippen MR) is 68.7 cm³/mol. The third-order valence-corrected chi connectivity index (χ3v) is 2.60. The molecule has 0 aliphatic rings. The molecule has 0 atom stereocenters. The number of carbonyl (C=O) groups is 2. The summed E-state index contributed by atoms with van der Waals surface area (Å²) in [7, 11) is 0. The minimum atomic E-state index is -0.870. The van der Waals surface area contributed by atoms with Crippen LogP contribution < -0.4 is 5.32 Å². The van der Waals surface area contributed by atoms with Gasteiger partial charge in [0, 0.05) is 25.4 Å². The summed E-state index contributed by atoms with van der Waals surface area (Å²) in [4.78, 5) is 30.6. The van der Waals surface area contributed by atoms with E-state index in [1.165, 1.54) is 6.20 Å². The zero-order chi connectivity index (χ0) is 13.7. The molecule has 19 heavy (non-hydrogen) atoms. The fourth-order valence-corrected chi connectivity index (χ4v) is 1.71. The molecule has 0 saturated carbocycles. The zero-order valence-corrected chi connectivity index (χ0v) is 10.2. The first kappa shape index (κ1) is 12.9. The molecule has 98 valence electrons. The Morgan fingerprint density at radius 2 is 2.00 bits per heavy atom. The van der Waals surface area contributed by atoms with Crippen molar-refractivity contribution in [2.45, 2.75) is 12.8 Å². The van der Waals surface area contributed by atoms with Crippen LogP contribution in [0.2, 0.25) is 0 Å². The van der Waals surface area contributed by atoms with Crippen molar-refractivity contribution in [2.75, 3.05) is 6.54 Å². The number of carbonyl (C=O) groups excluding carboxylic acids is 1. The van der Waals surface area contributed by atoms with E-state index in [-0.39, 0.29) is 12.3 Å².